The van der Waals surface area contributed by atoms with Gasteiger partial charge >= 0.3 is 6.09 Å². The van der Waals surface area contributed by atoms with Crippen LogP contribution in [0.2, 0.25) is 0 Å². The van der Waals surface area contributed by atoms with Gasteiger partial charge in [0.15, 0.2) is 9.84 Å². The molecule has 50 heavy (non-hydrogen) atoms. The summed E-state index contributed by atoms with van der Waals surface area (Å²) in [5, 5.41) is 13.3. The highest BCUT2D eigenvalue weighted by atomic mass is 32.2. The number of anilines is 1. The Kier molecular flexibility index (Phi) is 10.8. The predicted octanol–water partition coefficient (Wildman–Crippen LogP) is 4.91. The van der Waals surface area contributed by atoms with Gasteiger partial charge in [-0.25, -0.2) is 17.6 Å². The molecule has 4 fully saturated rings. The molecule has 4 aliphatic rings. The fraction of sp³-hybridized carbons (Fsp3) is 0.553. The second-order valence-corrected chi connectivity index (χ2v) is 16.6. The molecule has 0 bridgehead atoms. The summed E-state index contributed by atoms with van der Waals surface area (Å²) in [6, 6.07) is 16.0. The van der Waals surface area contributed by atoms with Crippen molar-refractivity contribution in [2.45, 2.75) is 67.1 Å². The average Bonchev–Trinajstić information content (AvgIpc) is 3.54. The number of hydrogen-bond donors (Lipinski definition) is 1. The maximum Gasteiger partial charge on any atom is 0.407 e. The van der Waals surface area contributed by atoms with E-state index in [1.54, 1.807) is 29.2 Å². The minimum Gasteiger partial charge on any atom is -0.453 e. The summed E-state index contributed by atoms with van der Waals surface area (Å²) in [7, 11) is -2.17. The highest BCUT2D eigenvalue weighted by Gasteiger charge is 2.53. The molecule has 12 heteroatoms. The first-order valence-electron chi connectivity index (χ1n) is 17.9. The van der Waals surface area contributed by atoms with Crippen molar-refractivity contribution in [1.29, 1.82) is 5.26 Å². The lowest BCUT2D eigenvalue weighted by Gasteiger charge is -2.48. The van der Waals surface area contributed by atoms with Gasteiger partial charge in [0.25, 0.3) is 0 Å². The first kappa shape index (κ1) is 35.9. The Morgan fingerprint density at radius 2 is 1.78 bits per heavy atom. The van der Waals surface area contributed by atoms with E-state index in [0.717, 1.165) is 76.9 Å². The average molecular weight is 706 g/mol. The van der Waals surface area contributed by atoms with E-state index < -0.39 is 26.6 Å². The van der Waals surface area contributed by atoms with Crippen molar-refractivity contribution in [3.63, 3.8) is 0 Å². The summed E-state index contributed by atoms with van der Waals surface area (Å²) < 4.78 is 45.8. The van der Waals surface area contributed by atoms with E-state index in [4.69, 9.17) is 4.74 Å². The van der Waals surface area contributed by atoms with Crippen LogP contribution in [0.5, 0.6) is 0 Å². The number of alkyl carbamates (subject to hydrolysis) is 1. The molecule has 0 spiro atoms. The summed E-state index contributed by atoms with van der Waals surface area (Å²) in [6.45, 7) is 6.77. The number of nitriles is 1. The SMILES string of the molecule is CC/C=C/C(=O)N1CC(S(=O)(=O)c2ccc(N3CC(CN4CCC([C@@](C#N)(c5cccc(F)c5)[C@H]5CCC[C@@H]5NC(=O)OC)CC4)C3)cc2)C1. The lowest BCUT2D eigenvalue weighted by atomic mass is 9.59. The molecule has 1 N–H and O–H groups in total. The number of nitrogens with zero attached hydrogens (tertiary/aromatic N) is 4. The Morgan fingerprint density at radius 1 is 1.06 bits per heavy atom. The molecule has 3 saturated heterocycles. The van der Waals surface area contributed by atoms with Gasteiger partial charge in [0.1, 0.15) is 11.1 Å². The quantitative estimate of drug-likeness (QED) is 0.328. The van der Waals surface area contributed by atoms with Crippen molar-refractivity contribution >= 4 is 27.5 Å². The number of ether oxygens (including phenoxy) is 1. The number of allylic oxidation sites excluding steroid dienone is 1. The zero-order chi connectivity index (χ0) is 35.5. The number of carbonyl (C=O) groups is 2. The number of rotatable bonds is 11. The minimum atomic E-state index is -3.51. The van der Waals surface area contributed by atoms with Gasteiger partial charge in [-0.2, -0.15) is 5.26 Å². The Labute approximate surface area is 295 Å². The molecule has 2 amide bonds. The van der Waals surface area contributed by atoms with Crippen LogP contribution in [-0.2, 0) is 24.8 Å². The van der Waals surface area contributed by atoms with Crippen molar-refractivity contribution in [3.05, 3.63) is 72.1 Å². The van der Waals surface area contributed by atoms with Crippen molar-refractivity contribution in [3.8, 4) is 6.07 Å². The van der Waals surface area contributed by atoms with Gasteiger partial charge < -0.3 is 24.8 Å². The molecule has 1 saturated carbocycles. The molecule has 3 atom stereocenters. The zero-order valence-electron chi connectivity index (χ0n) is 29.0. The van der Waals surface area contributed by atoms with Crippen molar-refractivity contribution in [2.75, 3.05) is 57.8 Å². The zero-order valence-corrected chi connectivity index (χ0v) is 29.8. The number of nitrogens with one attached hydrogen (secondary N) is 1. The summed E-state index contributed by atoms with van der Waals surface area (Å²) in [5.41, 5.74) is 0.764. The normalized spacial score (nSPS) is 23.6. The molecule has 2 aromatic rings. The smallest absolute Gasteiger partial charge is 0.407 e. The first-order chi connectivity index (χ1) is 24.1. The van der Waals surface area contributed by atoms with Crippen LogP contribution in [0.15, 0.2) is 65.6 Å². The standard InChI is InChI=1S/C38H48FN5O5S/c1-3-4-11-36(45)44-24-33(25-44)50(47,48)32-14-12-31(13-15-32)43-22-27(23-43)21-42-18-16-28(17-19-42)38(26-40,29-7-5-8-30(39)20-29)34-9-6-10-35(34)41-37(46)49-2/h4-5,7-8,11-15,20,27-28,33-35H,3,6,9-10,16-19,21-25H2,1-2H3,(H,41,46)/b11-4+/t34-,35-,38-/m0/s1. The fourth-order valence-electron chi connectivity index (χ4n) is 8.63. The van der Waals surface area contributed by atoms with Gasteiger partial charge in [-0.15, -0.1) is 0 Å². The van der Waals surface area contributed by atoms with Crippen molar-refractivity contribution in [1.82, 2.24) is 15.1 Å². The van der Waals surface area contributed by atoms with Crippen LogP contribution in [0, 0.1) is 34.9 Å². The molecule has 0 unspecified atom stereocenters. The van der Waals surface area contributed by atoms with E-state index in [1.807, 2.05) is 25.1 Å². The van der Waals surface area contributed by atoms with Crippen LogP contribution < -0.4 is 10.2 Å². The van der Waals surface area contributed by atoms with Gasteiger partial charge in [-0.1, -0.05) is 31.6 Å². The lowest BCUT2D eigenvalue weighted by Crippen LogP contribution is -2.56. The van der Waals surface area contributed by atoms with Gasteiger partial charge in [0.05, 0.1) is 23.5 Å². The largest absolute Gasteiger partial charge is 0.453 e. The maximum atomic E-state index is 14.6. The number of hydrogen-bond acceptors (Lipinski definition) is 8. The van der Waals surface area contributed by atoms with Crippen LogP contribution in [0.25, 0.3) is 0 Å². The number of benzene rings is 2. The van der Waals surface area contributed by atoms with Gasteiger partial charge in [0, 0.05) is 56.3 Å². The minimum absolute atomic E-state index is 0.0182. The topological polar surface area (TPSA) is 123 Å². The molecular weight excluding hydrogens is 658 g/mol. The number of amides is 2. The Balaban J connectivity index is 1.03. The highest BCUT2D eigenvalue weighted by Crippen LogP contribution is 2.50. The predicted molar refractivity (Wildman–Crippen MR) is 189 cm³/mol. The Bertz CT molecular complexity index is 1710. The molecule has 1 aliphatic carbocycles. The van der Waals surface area contributed by atoms with Crippen molar-refractivity contribution < 1.29 is 27.1 Å². The van der Waals surface area contributed by atoms with E-state index in [-0.39, 0.29) is 42.7 Å². The molecule has 3 aliphatic heterocycles. The number of likely N-dealkylation sites (tertiary alicyclic amines) is 2. The van der Waals surface area contributed by atoms with E-state index in [0.29, 0.717) is 16.4 Å². The summed E-state index contributed by atoms with van der Waals surface area (Å²) in [6.07, 6.45) is 7.57. The van der Waals surface area contributed by atoms with Crippen LogP contribution in [0.1, 0.15) is 51.0 Å². The third-order valence-corrected chi connectivity index (χ3v) is 13.5. The van der Waals surface area contributed by atoms with Gasteiger partial charge in [-0.05, 0) is 99.1 Å². The van der Waals surface area contributed by atoms with E-state index in [1.165, 1.54) is 25.3 Å². The van der Waals surface area contributed by atoms with Gasteiger partial charge in [0.2, 0.25) is 5.91 Å². The number of sulfone groups is 1. The van der Waals surface area contributed by atoms with E-state index >= 15 is 0 Å². The summed E-state index contributed by atoms with van der Waals surface area (Å²) in [5.74, 6) is -0.157. The molecule has 6 rings (SSSR count). The highest BCUT2D eigenvalue weighted by molar-refractivity contribution is 7.92. The van der Waals surface area contributed by atoms with Crippen molar-refractivity contribution in [2.24, 2.45) is 17.8 Å². The molecule has 2 aromatic carbocycles. The number of carbonyl (C=O) groups excluding carboxylic acids is 2. The summed E-state index contributed by atoms with van der Waals surface area (Å²) in [4.78, 5) is 30.9. The van der Waals surface area contributed by atoms with Gasteiger partial charge in [-0.3, -0.25) is 4.79 Å². The van der Waals surface area contributed by atoms with E-state index in [9.17, 15) is 27.7 Å². The monoisotopic (exact) mass is 705 g/mol. The second kappa shape index (κ2) is 15.1. The third-order valence-electron chi connectivity index (χ3n) is 11.4. The molecule has 3 heterocycles. The Morgan fingerprint density at radius 3 is 2.42 bits per heavy atom. The third kappa shape index (κ3) is 7.12. The first-order valence-corrected chi connectivity index (χ1v) is 19.4. The number of halogens is 1. The molecule has 10 nitrogen and oxygen atoms in total. The molecule has 0 radical (unpaired) electrons. The number of methoxy groups -OCH3 is 1. The maximum absolute atomic E-state index is 14.6. The molecule has 268 valence electrons. The Hall–Kier alpha value is -3.95. The van der Waals surface area contributed by atoms with Crippen LogP contribution >= 0.6 is 0 Å². The van der Waals surface area contributed by atoms with Crippen LogP contribution in [0.4, 0.5) is 14.9 Å². The second-order valence-electron chi connectivity index (χ2n) is 14.3. The summed E-state index contributed by atoms with van der Waals surface area (Å²) >= 11 is 0. The molecular formula is C38H48FN5O5S. The van der Waals surface area contributed by atoms with E-state index in [2.05, 4.69) is 21.2 Å². The molecule has 0 aromatic heterocycles. The number of piperidine rings is 1. The lowest BCUT2D eigenvalue weighted by molar-refractivity contribution is -0.129. The van der Waals surface area contributed by atoms with Crippen LogP contribution in [-0.4, -0.2) is 94.4 Å². The van der Waals surface area contributed by atoms with Crippen LogP contribution in [0.3, 0.4) is 0 Å². The fourth-order valence-corrected chi connectivity index (χ4v) is 10.3.